The molecule has 27 heavy (non-hydrogen) atoms. The van der Waals surface area contributed by atoms with Crippen LogP contribution in [0.3, 0.4) is 0 Å². The van der Waals surface area contributed by atoms with Crippen LogP contribution >= 0.6 is 27.7 Å². The minimum absolute atomic E-state index is 0.0898. The maximum atomic E-state index is 13.7. The number of rotatable bonds is 6. The Morgan fingerprint density at radius 2 is 2.00 bits per heavy atom. The molecule has 3 rings (SSSR count). The fraction of sp³-hybridized carbons (Fsp3) is 0.118. The summed E-state index contributed by atoms with van der Waals surface area (Å²) in [6.07, 6.45) is 0. The average molecular weight is 456 g/mol. The summed E-state index contributed by atoms with van der Waals surface area (Å²) < 4.78 is 37.5. The van der Waals surface area contributed by atoms with E-state index in [4.69, 9.17) is 9.15 Å². The summed E-state index contributed by atoms with van der Waals surface area (Å²) in [4.78, 5) is 12.0. The van der Waals surface area contributed by atoms with E-state index in [9.17, 15) is 13.6 Å². The van der Waals surface area contributed by atoms with Crippen molar-refractivity contribution < 1.29 is 22.7 Å². The highest BCUT2D eigenvalue weighted by atomic mass is 79.9. The van der Waals surface area contributed by atoms with Gasteiger partial charge in [0.25, 0.3) is 5.22 Å². The molecule has 6 nitrogen and oxygen atoms in total. The molecule has 1 aromatic heterocycles. The number of ether oxygens (including phenoxy) is 1. The van der Waals surface area contributed by atoms with Gasteiger partial charge in [-0.05, 0) is 46.3 Å². The first-order chi connectivity index (χ1) is 13.0. The number of aromatic nitrogens is 2. The summed E-state index contributed by atoms with van der Waals surface area (Å²) in [5.74, 6) is -1.22. The van der Waals surface area contributed by atoms with Gasteiger partial charge in [0.15, 0.2) is 5.82 Å². The average Bonchev–Trinajstić information content (AvgIpc) is 3.12. The SMILES string of the molecule is COc1ccc(-c2nnc(SCC(=O)Nc3c(F)cc(F)cc3Br)o2)cc1. The first-order valence-electron chi connectivity index (χ1n) is 7.51. The van der Waals surface area contributed by atoms with Gasteiger partial charge >= 0.3 is 0 Å². The molecule has 0 fully saturated rings. The summed E-state index contributed by atoms with van der Waals surface area (Å²) in [5.41, 5.74) is 0.573. The van der Waals surface area contributed by atoms with Crippen molar-refractivity contribution in [3.05, 3.63) is 52.5 Å². The summed E-state index contributed by atoms with van der Waals surface area (Å²) >= 11 is 4.01. The summed E-state index contributed by atoms with van der Waals surface area (Å²) in [6, 6.07) is 8.80. The lowest BCUT2D eigenvalue weighted by Crippen LogP contribution is -2.15. The lowest BCUT2D eigenvalue weighted by molar-refractivity contribution is -0.113. The van der Waals surface area contributed by atoms with E-state index in [2.05, 4.69) is 31.4 Å². The molecular formula is C17H12BrF2N3O3S. The second-order valence-corrected chi connectivity index (χ2v) is 6.96. The Hall–Kier alpha value is -2.46. The molecule has 0 aliphatic heterocycles. The number of halogens is 3. The number of carbonyl (C=O) groups excluding carboxylic acids is 1. The van der Waals surface area contributed by atoms with E-state index in [1.54, 1.807) is 31.4 Å². The van der Waals surface area contributed by atoms with E-state index in [1.165, 1.54) is 0 Å². The van der Waals surface area contributed by atoms with Crippen molar-refractivity contribution in [1.29, 1.82) is 0 Å². The van der Waals surface area contributed by atoms with Gasteiger partial charge in [0.2, 0.25) is 11.8 Å². The Bertz CT molecular complexity index is 943. The molecule has 140 valence electrons. The van der Waals surface area contributed by atoms with Crippen LogP contribution in [0.4, 0.5) is 14.5 Å². The third-order valence-electron chi connectivity index (χ3n) is 3.34. The number of hydrogen-bond acceptors (Lipinski definition) is 6. The Kier molecular flexibility index (Phi) is 6.07. The molecule has 0 atom stereocenters. The van der Waals surface area contributed by atoms with Crippen LogP contribution in [0.2, 0.25) is 0 Å². The Labute approximate surface area is 165 Å². The third-order valence-corrected chi connectivity index (χ3v) is 4.79. The Morgan fingerprint density at radius 1 is 1.26 bits per heavy atom. The lowest BCUT2D eigenvalue weighted by atomic mass is 10.2. The van der Waals surface area contributed by atoms with Crippen molar-refractivity contribution in [1.82, 2.24) is 10.2 Å². The molecular weight excluding hydrogens is 444 g/mol. The topological polar surface area (TPSA) is 77.2 Å². The van der Waals surface area contributed by atoms with Gasteiger partial charge in [0, 0.05) is 16.1 Å². The first-order valence-corrected chi connectivity index (χ1v) is 9.29. The normalized spacial score (nSPS) is 10.7. The highest BCUT2D eigenvalue weighted by Crippen LogP contribution is 2.28. The summed E-state index contributed by atoms with van der Waals surface area (Å²) in [6.45, 7) is 0. The zero-order valence-corrected chi connectivity index (χ0v) is 16.2. The van der Waals surface area contributed by atoms with E-state index in [-0.39, 0.29) is 21.1 Å². The van der Waals surface area contributed by atoms with Gasteiger partial charge < -0.3 is 14.5 Å². The monoisotopic (exact) mass is 455 g/mol. The number of amides is 1. The van der Waals surface area contributed by atoms with Gasteiger partial charge in [0.1, 0.15) is 11.6 Å². The molecule has 0 saturated carbocycles. The van der Waals surface area contributed by atoms with Crippen LogP contribution in [0.5, 0.6) is 5.75 Å². The number of anilines is 1. The minimum atomic E-state index is -0.875. The van der Waals surface area contributed by atoms with Crippen molar-refractivity contribution in [2.24, 2.45) is 0 Å². The second-order valence-electron chi connectivity index (χ2n) is 5.18. The third kappa shape index (κ3) is 4.83. The van der Waals surface area contributed by atoms with E-state index < -0.39 is 17.5 Å². The molecule has 3 aromatic rings. The largest absolute Gasteiger partial charge is 0.497 e. The minimum Gasteiger partial charge on any atom is -0.497 e. The van der Waals surface area contributed by atoms with Crippen molar-refractivity contribution >= 4 is 39.3 Å². The van der Waals surface area contributed by atoms with Crippen LogP contribution in [0.15, 0.2) is 50.5 Å². The molecule has 10 heteroatoms. The van der Waals surface area contributed by atoms with Crippen LogP contribution in [0, 0.1) is 11.6 Å². The predicted molar refractivity (Wildman–Crippen MR) is 99.7 cm³/mol. The van der Waals surface area contributed by atoms with Gasteiger partial charge in [-0.25, -0.2) is 8.78 Å². The van der Waals surface area contributed by atoms with E-state index in [0.29, 0.717) is 23.3 Å². The lowest BCUT2D eigenvalue weighted by Gasteiger charge is -2.08. The summed E-state index contributed by atoms with van der Waals surface area (Å²) in [7, 11) is 1.57. The van der Waals surface area contributed by atoms with E-state index in [1.807, 2.05) is 0 Å². The summed E-state index contributed by atoms with van der Waals surface area (Å²) in [5, 5.41) is 10.4. The molecule has 2 aromatic carbocycles. The number of methoxy groups -OCH3 is 1. The van der Waals surface area contributed by atoms with Gasteiger partial charge in [-0.15, -0.1) is 10.2 Å². The molecule has 0 saturated heterocycles. The Morgan fingerprint density at radius 3 is 2.67 bits per heavy atom. The van der Waals surface area contributed by atoms with E-state index >= 15 is 0 Å². The van der Waals surface area contributed by atoms with Gasteiger partial charge in [-0.2, -0.15) is 0 Å². The molecule has 0 bridgehead atoms. The predicted octanol–water partition coefficient (Wildman–Crippen LogP) is 4.52. The maximum Gasteiger partial charge on any atom is 0.277 e. The van der Waals surface area contributed by atoms with Crippen LogP contribution in [0.25, 0.3) is 11.5 Å². The van der Waals surface area contributed by atoms with Gasteiger partial charge in [-0.3, -0.25) is 4.79 Å². The van der Waals surface area contributed by atoms with Crippen LogP contribution in [0.1, 0.15) is 0 Å². The Balaban J connectivity index is 1.60. The van der Waals surface area contributed by atoms with Crippen molar-refractivity contribution in [3.63, 3.8) is 0 Å². The number of carbonyl (C=O) groups is 1. The van der Waals surface area contributed by atoms with Gasteiger partial charge in [-0.1, -0.05) is 11.8 Å². The van der Waals surface area contributed by atoms with Crippen molar-refractivity contribution in [3.8, 4) is 17.2 Å². The van der Waals surface area contributed by atoms with Crippen LogP contribution in [-0.4, -0.2) is 29.0 Å². The number of hydrogen-bond donors (Lipinski definition) is 1. The highest BCUT2D eigenvalue weighted by Gasteiger charge is 2.15. The zero-order valence-electron chi connectivity index (χ0n) is 13.8. The quantitative estimate of drug-likeness (QED) is 0.550. The molecule has 1 amide bonds. The molecule has 1 heterocycles. The van der Waals surface area contributed by atoms with Crippen molar-refractivity contribution in [2.45, 2.75) is 5.22 Å². The second kappa shape index (κ2) is 8.49. The standard InChI is InChI=1S/C17H12BrF2N3O3S/c1-25-11-4-2-9(3-5-11)16-22-23-17(26-16)27-8-14(24)21-15-12(18)6-10(19)7-13(15)20/h2-7H,8H2,1H3,(H,21,24). The smallest absolute Gasteiger partial charge is 0.277 e. The molecule has 1 N–H and O–H groups in total. The zero-order chi connectivity index (χ0) is 19.4. The highest BCUT2D eigenvalue weighted by molar-refractivity contribution is 9.10. The molecule has 0 spiro atoms. The maximum absolute atomic E-state index is 13.7. The molecule has 0 aliphatic rings. The number of nitrogens with one attached hydrogen (secondary N) is 1. The van der Waals surface area contributed by atoms with Crippen molar-refractivity contribution in [2.75, 3.05) is 18.2 Å². The number of nitrogens with zero attached hydrogens (tertiary/aromatic N) is 2. The molecule has 0 unspecified atom stereocenters. The van der Waals surface area contributed by atoms with Crippen LogP contribution in [-0.2, 0) is 4.79 Å². The first kappa shape index (κ1) is 19.3. The number of benzene rings is 2. The fourth-order valence-electron chi connectivity index (χ4n) is 2.08. The van der Waals surface area contributed by atoms with Crippen LogP contribution < -0.4 is 10.1 Å². The van der Waals surface area contributed by atoms with Gasteiger partial charge in [0.05, 0.1) is 18.6 Å². The van der Waals surface area contributed by atoms with E-state index in [0.717, 1.165) is 17.8 Å². The molecule has 0 radical (unpaired) electrons. The fourth-order valence-corrected chi connectivity index (χ4v) is 3.15. The number of thioether (sulfide) groups is 1. The molecule has 0 aliphatic carbocycles.